The molecule has 2 aliphatic rings. The number of hydrogen-bond acceptors (Lipinski definition) is 6. The summed E-state index contributed by atoms with van der Waals surface area (Å²) in [4.78, 5) is 0. The zero-order valence-electron chi connectivity index (χ0n) is 20.4. The first-order chi connectivity index (χ1) is 18.2. The molecule has 6 atom stereocenters. The van der Waals surface area contributed by atoms with E-state index >= 15 is 0 Å². The molecular formula is C31H30O6. The Labute approximate surface area is 216 Å². The van der Waals surface area contributed by atoms with Crippen LogP contribution in [0.15, 0.2) is 103 Å². The van der Waals surface area contributed by atoms with Crippen molar-refractivity contribution in [1.29, 1.82) is 0 Å². The lowest BCUT2D eigenvalue weighted by atomic mass is 9.97. The third-order valence-corrected chi connectivity index (χ3v) is 6.92. The fourth-order valence-electron chi connectivity index (χ4n) is 5.00. The Morgan fingerprint density at radius 1 is 0.676 bits per heavy atom. The van der Waals surface area contributed by atoms with Crippen LogP contribution in [-0.4, -0.2) is 42.4 Å². The standard InChI is InChI=1S/C31H30O6/c32-30-29(34-18-21-9-3-1-4-10-21)28(33-19-22-15-16-23-11-7-8-14-25(23)17-22)27-26(36-30)20-35-31(37-27)24-12-5-2-6-13-24/h1-17,26-32H,18-20H2. The molecule has 37 heavy (non-hydrogen) atoms. The molecule has 0 aromatic heterocycles. The molecule has 190 valence electrons. The van der Waals surface area contributed by atoms with Gasteiger partial charge in [-0.15, -0.1) is 0 Å². The summed E-state index contributed by atoms with van der Waals surface area (Å²) in [6.07, 6.45) is -4.00. The number of aliphatic hydroxyl groups excluding tert-OH is 1. The van der Waals surface area contributed by atoms with Gasteiger partial charge in [0.05, 0.1) is 19.8 Å². The Kier molecular flexibility index (Phi) is 7.28. The molecule has 6 nitrogen and oxygen atoms in total. The minimum absolute atomic E-state index is 0.280. The van der Waals surface area contributed by atoms with Crippen LogP contribution in [0.25, 0.3) is 10.8 Å². The maximum atomic E-state index is 10.9. The Morgan fingerprint density at radius 2 is 1.35 bits per heavy atom. The highest BCUT2D eigenvalue weighted by molar-refractivity contribution is 5.82. The van der Waals surface area contributed by atoms with Crippen LogP contribution >= 0.6 is 0 Å². The summed E-state index contributed by atoms with van der Waals surface area (Å²) in [5, 5.41) is 13.3. The van der Waals surface area contributed by atoms with Gasteiger partial charge in [0.15, 0.2) is 12.6 Å². The van der Waals surface area contributed by atoms with Crippen LogP contribution in [0.2, 0.25) is 0 Å². The van der Waals surface area contributed by atoms with Gasteiger partial charge in [0.1, 0.15) is 24.4 Å². The van der Waals surface area contributed by atoms with Gasteiger partial charge in [-0.2, -0.15) is 0 Å². The predicted octanol–water partition coefficient (Wildman–Crippen LogP) is 5.14. The van der Waals surface area contributed by atoms with E-state index in [0.717, 1.165) is 22.1 Å². The van der Waals surface area contributed by atoms with Gasteiger partial charge >= 0.3 is 0 Å². The monoisotopic (exact) mass is 498 g/mol. The van der Waals surface area contributed by atoms with Crippen LogP contribution in [0.3, 0.4) is 0 Å². The van der Waals surface area contributed by atoms with E-state index in [2.05, 4.69) is 30.3 Å². The van der Waals surface area contributed by atoms with Crippen LogP contribution in [-0.2, 0) is 36.9 Å². The van der Waals surface area contributed by atoms with Crippen molar-refractivity contribution in [2.45, 2.75) is 50.2 Å². The molecule has 2 saturated heterocycles. The van der Waals surface area contributed by atoms with Crippen LogP contribution < -0.4 is 0 Å². The summed E-state index contributed by atoms with van der Waals surface area (Å²) in [6.45, 7) is 0.942. The van der Waals surface area contributed by atoms with Gasteiger partial charge < -0.3 is 28.8 Å². The predicted molar refractivity (Wildman–Crippen MR) is 138 cm³/mol. The second-order valence-electron chi connectivity index (χ2n) is 9.46. The van der Waals surface area contributed by atoms with E-state index < -0.39 is 37.0 Å². The van der Waals surface area contributed by atoms with Crippen molar-refractivity contribution in [1.82, 2.24) is 0 Å². The number of rotatable bonds is 7. The third kappa shape index (κ3) is 5.45. The highest BCUT2D eigenvalue weighted by Gasteiger charge is 2.51. The highest BCUT2D eigenvalue weighted by Crippen LogP contribution is 2.36. The zero-order valence-corrected chi connectivity index (χ0v) is 20.4. The maximum Gasteiger partial charge on any atom is 0.184 e. The molecule has 4 aromatic rings. The Balaban J connectivity index is 1.25. The Bertz CT molecular complexity index is 1300. The van der Waals surface area contributed by atoms with Crippen molar-refractivity contribution in [3.63, 3.8) is 0 Å². The van der Waals surface area contributed by atoms with Gasteiger partial charge in [-0.3, -0.25) is 0 Å². The SMILES string of the molecule is OC1OC2COC(c3ccccc3)OC2C(OCc2ccc3ccccc3c2)C1OCc1ccccc1. The summed E-state index contributed by atoms with van der Waals surface area (Å²) < 4.78 is 31.0. The molecule has 0 spiro atoms. The second kappa shape index (κ2) is 11.1. The number of benzene rings is 4. The first-order valence-electron chi connectivity index (χ1n) is 12.6. The van der Waals surface area contributed by atoms with Crippen LogP contribution in [0.4, 0.5) is 0 Å². The normalized spacial score (nSPS) is 27.6. The summed E-state index contributed by atoms with van der Waals surface area (Å²) in [7, 11) is 0. The fraction of sp³-hybridized carbons (Fsp3) is 0.290. The summed E-state index contributed by atoms with van der Waals surface area (Å²) >= 11 is 0. The average molecular weight is 499 g/mol. The van der Waals surface area contributed by atoms with Crippen LogP contribution in [0, 0.1) is 0 Å². The Morgan fingerprint density at radius 3 is 2.16 bits per heavy atom. The Hall–Kier alpha value is -3.10. The van der Waals surface area contributed by atoms with Crippen molar-refractivity contribution in [2.24, 2.45) is 0 Å². The smallest absolute Gasteiger partial charge is 0.184 e. The van der Waals surface area contributed by atoms with E-state index in [1.807, 2.05) is 72.8 Å². The topological polar surface area (TPSA) is 66.4 Å². The largest absolute Gasteiger partial charge is 0.368 e. The zero-order chi connectivity index (χ0) is 25.0. The van der Waals surface area contributed by atoms with Gasteiger partial charge in [-0.05, 0) is 28.0 Å². The molecule has 6 rings (SSSR count). The molecule has 2 aliphatic heterocycles. The lowest BCUT2D eigenvalue weighted by molar-refractivity contribution is -0.366. The van der Waals surface area contributed by atoms with Crippen molar-refractivity contribution in [2.75, 3.05) is 6.61 Å². The first kappa shape index (κ1) is 24.2. The van der Waals surface area contributed by atoms with Crippen LogP contribution in [0.5, 0.6) is 0 Å². The molecule has 2 heterocycles. The number of hydrogen-bond donors (Lipinski definition) is 1. The van der Waals surface area contributed by atoms with E-state index in [1.165, 1.54) is 5.39 Å². The van der Waals surface area contributed by atoms with Gasteiger partial charge in [0, 0.05) is 5.56 Å². The van der Waals surface area contributed by atoms with Gasteiger partial charge in [-0.25, -0.2) is 0 Å². The lowest BCUT2D eigenvalue weighted by Gasteiger charge is -2.47. The number of ether oxygens (including phenoxy) is 5. The summed E-state index contributed by atoms with van der Waals surface area (Å²) in [5.41, 5.74) is 2.95. The molecule has 2 fully saturated rings. The van der Waals surface area contributed by atoms with E-state index in [1.54, 1.807) is 0 Å². The van der Waals surface area contributed by atoms with Crippen molar-refractivity contribution >= 4 is 10.8 Å². The molecular weight excluding hydrogens is 468 g/mol. The highest BCUT2D eigenvalue weighted by atomic mass is 16.7. The molecule has 0 amide bonds. The lowest BCUT2D eigenvalue weighted by Crippen LogP contribution is -2.63. The summed E-state index contributed by atoms with van der Waals surface area (Å²) in [6, 6.07) is 34.2. The molecule has 0 aliphatic carbocycles. The molecule has 6 unspecified atom stereocenters. The number of aliphatic hydroxyl groups is 1. The minimum Gasteiger partial charge on any atom is -0.368 e. The van der Waals surface area contributed by atoms with Crippen molar-refractivity contribution < 1.29 is 28.8 Å². The maximum absolute atomic E-state index is 10.9. The molecule has 0 bridgehead atoms. The molecule has 1 N–H and O–H groups in total. The molecule has 0 saturated carbocycles. The molecule has 6 heteroatoms. The second-order valence-corrected chi connectivity index (χ2v) is 9.46. The van der Waals surface area contributed by atoms with Gasteiger partial charge in [0.2, 0.25) is 0 Å². The molecule has 4 aromatic carbocycles. The molecule has 0 radical (unpaired) electrons. The first-order valence-corrected chi connectivity index (χ1v) is 12.6. The van der Waals surface area contributed by atoms with E-state index in [-0.39, 0.29) is 6.61 Å². The van der Waals surface area contributed by atoms with Crippen LogP contribution in [0.1, 0.15) is 23.0 Å². The van der Waals surface area contributed by atoms with E-state index in [4.69, 9.17) is 23.7 Å². The fourth-order valence-corrected chi connectivity index (χ4v) is 5.00. The van der Waals surface area contributed by atoms with E-state index in [0.29, 0.717) is 13.2 Å². The van der Waals surface area contributed by atoms with Crippen molar-refractivity contribution in [3.8, 4) is 0 Å². The van der Waals surface area contributed by atoms with Crippen molar-refractivity contribution in [3.05, 3.63) is 120 Å². The van der Waals surface area contributed by atoms with E-state index in [9.17, 15) is 5.11 Å². The van der Waals surface area contributed by atoms with Gasteiger partial charge in [0.25, 0.3) is 0 Å². The minimum atomic E-state index is -1.17. The average Bonchev–Trinajstić information content (AvgIpc) is 2.96. The summed E-state index contributed by atoms with van der Waals surface area (Å²) in [5.74, 6) is 0. The quantitative estimate of drug-likeness (QED) is 0.381. The number of fused-ring (bicyclic) bond motifs is 2. The van der Waals surface area contributed by atoms with Gasteiger partial charge in [-0.1, -0.05) is 97.1 Å². The third-order valence-electron chi connectivity index (χ3n) is 6.92.